The maximum Gasteiger partial charge on any atom is 0.200 e. The highest BCUT2D eigenvalue weighted by Crippen LogP contribution is 2.53. The van der Waals surface area contributed by atoms with Gasteiger partial charge in [0.25, 0.3) is 0 Å². The molecule has 3 heterocycles. The Morgan fingerprint density at radius 2 is 1.12 bits per heavy atom. The van der Waals surface area contributed by atoms with E-state index >= 15 is 17.6 Å². The quantitative estimate of drug-likeness (QED) is 0.0777. The van der Waals surface area contributed by atoms with Gasteiger partial charge in [0, 0.05) is 47.3 Å². The molecule has 75 heavy (non-hydrogen) atoms. The van der Waals surface area contributed by atoms with Crippen LogP contribution in [0, 0.1) is 29.1 Å². The third-order valence-electron chi connectivity index (χ3n) is 14.6. The molecule has 1 aliphatic heterocycles. The van der Waals surface area contributed by atoms with Gasteiger partial charge in [-0.15, -0.1) is 0 Å². The average Bonchev–Trinajstić information content (AvgIpc) is 4.08. The number of hydrogen-bond acceptors (Lipinski definition) is 4. The number of pyridine rings is 1. The summed E-state index contributed by atoms with van der Waals surface area (Å²) in [4.78, 5) is 8.78. The fraction of sp³-hybridized carbons (Fsp3) is 0.277. The Hall–Kier alpha value is -7.46. The van der Waals surface area contributed by atoms with Crippen LogP contribution < -0.4 is 14.5 Å². The number of anilines is 4. The van der Waals surface area contributed by atoms with Crippen LogP contribution in [-0.4, -0.2) is 16.2 Å². The number of aromatic nitrogens is 2. The second kappa shape index (κ2) is 19.0. The van der Waals surface area contributed by atoms with Gasteiger partial charge < -0.3 is 14.5 Å². The average molecular weight is 1010 g/mol. The number of fused-ring (bicyclic) bond motifs is 4. The van der Waals surface area contributed by atoms with Crippen LogP contribution in [0.15, 0.2) is 134 Å². The van der Waals surface area contributed by atoms with Crippen LogP contribution in [0.5, 0.6) is 11.5 Å². The first-order chi connectivity index (χ1) is 35.8. The van der Waals surface area contributed by atoms with Gasteiger partial charge in [-0.25, -0.2) is 26.9 Å². The molecule has 10 rings (SSSR count). The fourth-order valence-electron chi connectivity index (χ4n) is 10.2. The van der Waals surface area contributed by atoms with Gasteiger partial charge in [-0.05, 0) is 129 Å². The number of para-hydroxylation sites is 3. The zero-order valence-corrected chi connectivity index (χ0v) is 44.7. The van der Waals surface area contributed by atoms with Crippen molar-refractivity contribution in [3.05, 3.63) is 190 Å². The number of ether oxygens (including phenoxy) is 1. The Kier molecular flexibility index (Phi) is 12.6. The van der Waals surface area contributed by atoms with E-state index in [4.69, 9.17) is 9.72 Å². The summed E-state index contributed by atoms with van der Waals surface area (Å²) < 4.78 is 97.6. The predicted octanol–water partition coefficient (Wildman–Crippen LogP) is 19.2. The van der Waals surface area contributed by atoms with Crippen LogP contribution in [0.25, 0.3) is 49.9 Å². The van der Waals surface area contributed by atoms with Crippen LogP contribution >= 0.6 is 0 Å². The Balaban J connectivity index is 1.17. The summed E-state index contributed by atoms with van der Waals surface area (Å²) >= 11 is 0. The topological polar surface area (TPSA) is 33.5 Å². The molecule has 0 unspecified atom stereocenters. The molecule has 0 amide bonds. The standard InChI is InChI=1S/C65H63F5N4O/c1-36(2)39-25-40(37(3)4)27-42(26-39)50-30-44(65(10,11)12)31-51(57-58(66)60(68)62(70)61(69)59(57)67)63(50)73-35-72(53-19-15-16-20-54(53)73)45-28-41(38(5)6)29-47(33-45)75-46-21-22-49-48-17-13-14-18-52(48)74(55(49)34-46)56-32-43(23-24-71-56)64(7,8)9/h13-34,36-38H,35H2,1-12H3/i38D. The molecule has 0 atom stereocenters. The maximum absolute atomic E-state index is 16.6. The lowest BCUT2D eigenvalue weighted by Crippen LogP contribution is -2.26. The molecule has 0 saturated carbocycles. The number of hydrogen-bond donors (Lipinski definition) is 0. The molecule has 0 N–H and O–H groups in total. The molecule has 5 nitrogen and oxygen atoms in total. The molecule has 1 aliphatic rings. The van der Waals surface area contributed by atoms with Crippen molar-refractivity contribution in [2.24, 2.45) is 0 Å². The molecule has 10 heteroatoms. The Labute approximate surface area is 438 Å². The van der Waals surface area contributed by atoms with Crippen LogP contribution in [0.2, 0.25) is 0 Å². The van der Waals surface area contributed by atoms with Gasteiger partial charge in [0.2, 0.25) is 5.82 Å². The van der Waals surface area contributed by atoms with Gasteiger partial charge in [0.05, 0.1) is 33.7 Å². The normalized spacial score (nSPS) is 13.5. The number of benzene rings is 7. The van der Waals surface area contributed by atoms with E-state index in [1.807, 2.05) is 116 Å². The van der Waals surface area contributed by atoms with Crippen molar-refractivity contribution in [1.29, 1.82) is 0 Å². The SMILES string of the molecule is [2H]C(C)(C)c1cc(Oc2ccc3c4ccccc4n(-c4cc(C(C)(C)C)ccn4)c3c2)cc(N2CN(c3c(-c4cc(C(C)C)cc(C(C)C)c4)cc(C(C)(C)C)cc3-c3c(F)c(F)c(F)c(F)c3F)c3ccccc32)c1. The minimum atomic E-state index is -2.23. The summed E-state index contributed by atoms with van der Waals surface area (Å²) in [5.41, 5.74) is 8.03. The molecule has 0 aliphatic carbocycles. The highest BCUT2D eigenvalue weighted by atomic mass is 19.2. The van der Waals surface area contributed by atoms with Gasteiger partial charge in [-0.1, -0.05) is 132 Å². The van der Waals surface area contributed by atoms with Crippen LogP contribution in [0.1, 0.15) is 130 Å². The third kappa shape index (κ3) is 9.20. The molecule has 0 bridgehead atoms. The predicted molar refractivity (Wildman–Crippen MR) is 297 cm³/mol. The van der Waals surface area contributed by atoms with E-state index in [1.54, 1.807) is 19.9 Å². The summed E-state index contributed by atoms with van der Waals surface area (Å²) in [6.45, 7) is 24.4. The van der Waals surface area contributed by atoms with Gasteiger partial charge >= 0.3 is 0 Å². The molecule has 7 aromatic carbocycles. The molecule has 0 fully saturated rings. The summed E-state index contributed by atoms with van der Waals surface area (Å²) in [7, 11) is 0. The van der Waals surface area contributed by atoms with E-state index in [0.29, 0.717) is 45.3 Å². The van der Waals surface area contributed by atoms with Crippen molar-refractivity contribution in [2.75, 3.05) is 16.5 Å². The van der Waals surface area contributed by atoms with Crippen molar-refractivity contribution >= 4 is 44.6 Å². The summed E-state index contributed by atoms with van der Waals surface area (Å²) in [5, 5.41) is 2.09. The van der Waals surface area contributed by atoms with Gasteiger partial charge in [-0.3, -0.25) is 4.57 Å². The first-order valence-corrected chi connectivity index (χ1v) is 25.6. The highest BCUT2D eigenvalue weighted by molar-refractivity contribution is 6.09. The second-order valence-electron chi connectivity index (χ2n) is 22.8. The second-order valence-corrected chi connectivity index (χ2v) is 22.8. The molecule has 9 aromatic rings. The van der Waals surface area contributed by atoms with E-state index in [2.05, 4.69) is 95.5 Å². The first-order valence-electron chi connectivity index (χ1n) is 26.1. The van der Waals surface area contributed by atoms with Gasteiger partial charge in [0.15, 0.2) is 23.3 Å². The lowest BCUT2D eigenvalue weighted by molar-refractivity contribution is 0.381. The van der Waals surface area contributed by atoms with E-state index in [-0.39, 0.29) is 35.2 Å². The molecule has 384 valence electrons. The molecular formula is C65H63F5N4O. The summed E-state index contributed by atoms with van der Waals surface area (Å²) in [6, 6.07) is 41.5. The van der Waals surface area contributed by atoms with Crippen molar-refractivity contribution in [2.45, 2.75) is 112 Å². The zero-order valence-electron chi connectivity index (χ0n) is 45.7. The molecular weight excluding hydrogens is 948 g/mol. The van der Waals surface area contributed by atoms with E-state index in [9.17, 15) is 5.76 Å². The minimum absolute atomic E-state index is 0.0402. The zero-order chi connectivity index (χ0) is 54.5. The Morgan fingerprint density at radius 3 is 1.75 bits per heavy atom. The summed E-state index contributed by atoms with van der Waals surface area (Å²) in [5.74, 6) is -9.21. The lowest BCUT2D eigenvalue weighted by Gasteiger charge is -2.31. The Morgan fingerprint density at radius 1 is 0.533 bits per heavy atom. The number of nitrogens with zero attached hydrogens (tertiary/aromatic N) is 4. The maximum atomic E-state index is 16.6. The highest BCUT2D eigenvalue weighted by Gasteiger charge is 2.37. The van der Waals surface area contributed by atoms with Gasteiger partial charge in [0.1, 0.15) is 24.0 Å². The molecule has 0 spiro atoms. The third-order valence-corrected chi connectivity index (χ3v) is 14.6. The monoisotopic (exact) mass is 1010 g/mol. The Bertz CT molecular complexity index is 3710. The van der Waals surface area contributed by atoms with Crippen molar-refractivity contribution < 1.29 is 28.1 Å². The smallest absolute Gasteiger partial charge is 0.200 e. The van der Waals surface area contributed by atoms with Gasteiger partial charge in [-0.2, -0.15) is 0 Å². The van der Waals surface area contributed by atoms with Crippen LogP contribution in [0.3, 0.4) is 0 Å². The van der Waals surface area contributed by atoms with Crippen molar-refractivity contribution in [3.63, 3.8) is 0 Å². The fourth-order valence-corrected chi connectivity index (χ4v) is 10.2. The van der Waals surface area contributed by atoms with E-state index in [0.717, 1.165) is 49.9 Å². The molecule has 0 radical (unpaired) electrons. The van der Waals surface area contributed by atoms with E-state index in [1.165, 1.54) is 0 Å². The van der Waals surface area contributed by atoms with Crippen LogP contribution in [0.4, 0.5) is 44.7 Å². The number of rotatable bonds is 10. The minimum Gasteiger partial charge on any atom is -0.457 e. The van der Waals surface area contributed by atoms with E-state index < -0.39 is 46.0 Å². The molecule has 2 aromatic heterocycles. The van der Waals surface area contributed by atoms with Crippen molar-refractivity contribution in [1.82, 2.24) is 9.55 Å². The largest absolute Gasteiger partial charge is 0.457 e. The number of halogens is 5. The molecule has 0 saturated heterocycles. The first kappa shape index (κ1) is 49.7. The lowest BCUT2D eigenvalue weighted by atomic mass is 9.81. The summed E-state index contributed by atoms with van der Waals surface area (Å²) in [6.07, 6.45) is 1.85. The van der Waals surface area contributed by atoms with Crippen molar-refractivity contribution in [3.8, 4) is 39.6 Å². The van der Waals surface area contributed by atoms with Crippen LogP contribution in [-0.2, 0) is 10.8 Å².